The Balaban J connectivity index is 1.47. The van der Waals surface area contributed by atoms with Gasteiger partial charge in [-0.3, -0.25) is 4.79 Å². The molecule has 6 nitrogen and oxygen atoms in total. The molecule has 2 fully saturated rings. The minimum absolute atomic E-state index is 0.127. The van der Waals surface area contributed by atoms with Crippen LogP contribution in [0.4, 0.5) is 0 Å². The Labute approximate surface area is 141 Å². The monoisotopic (exact) mass is 326 g/mol. The quantitative estimate of drug-likeness (QED) is 0.867. The van der Waals surface area contributed by atoms with Crippen molar-refractivity contribution in [3.05, 3.63) is 48.0 Å². The van der Waals surface area contributed by atoms with Crippen molar-refractivity contribution < 1.29 is 9.53 Å². The Kier molecular flexibility index (Phi) is 4.30. The molecule has 2 heterocycles. The van der Waals surface area contributed by atoms with Gasteiger partial charge >= 0.3 is 0 Å². The first-order valence-electron chi connectivity index (χ1n) is 8.65. The van der Waals surface area contributed by atoms with Crippen molar-refractivity contribution in [1.29, 1.82) is 0 Å². The van der Waals surface area contributed by atoms with E-state index in [1.165, 1.54) is 19.2 Å². The van der Waals surface area contributed by atoms with E-state index in [0.717, 1.165) is 24.0 Å². The predicted octanol–water partition coefficient (Wildman–Crippen LogP) is 2.11. The predicted molar refractivity (Wildman–Crippen MR) is 88.6 cm³/mol. The lowest BCUT2D eigenvalue weighted by Crippen LogP contribution is -2.54. The fourth-order valence-corrected chi connectivity index (χ4v) is 3.77. The Morgan fingerprint density at radius 3 is 2.83 bits per heavy atom. The molecule has 1 saturated carbocycles. The van der Waals surface area contributed by atoms with E-state index in [1.807, 2.05) is 29.2 Å². The van der Waals surface area contributed by atoms with Gasteiger partial charge in [-0.15, -0.1) is 0 Å². The first-order chi connectivity index (χ1) is 11.8. The number of hydrogen-bond donors (Lipinski definition) is 0. The summed E-state index contributed by atoms with van der Waals surface area (Å²) < 4.78 is 7.64. The van der Waals surface area contributed by atoms with Crippen LogP contribution < -0.4 is 0 Å². The van der Waals surface area contributed by atoms with Gasteiger partial charge < -0.3 is 9.64 Å². The highest BCUT2D eigenvalue weighted by Gasteiger charge is 2.36. The van der Waals surface area contributed by atoms with Gasteiger partial charge in [-0.1, -0.05) is 25.0 Å². The molecule has 126 valence electrons. The third-order valence-corrected chi connectivity index (χ3v) is 5.01. The molecule has 0 bridgehead atoms. The molecule has 1 amide bonds. The first kappa shape index (κ1) is 15.3. The summed E-state index contributed by atoms with van der Waals surface area (Å²) in [6.45, 7) is 2.01. The molecular weight excluding hydrogens is 304 g/mol. The number of nitrogens with zero attached hydrogens (tertiary/aromatic N) is 4. The van der Waals surface area contributed by atoms with Crippen LogP contribution in [0.1, 0.15) is 41.6 Å². The number of rotatable bonds is 3. The van der Waals surface area contributed by atoms with E-state index in [0.29, 0.717) is 19.7 Å². The summed E-state index contributed by atoms with van der Waals surface area (Å²) in [4.78, 5) is 18.9. The van der Waals surface area contributed by atoms with Crippen molar-refractivity contribution >= 4 is 5.91 Å². The highest BCUT2D eigenvalue weighted by atomic mass is 16.5. The minimum Gasteiger partial charge on any atom is -0.374 e. The lowest BCUT2D eigenvalue weighted by atomic mass is 9.89. The van der Waals surface area contributed by atoms with Crippen molar-refractivity contribution in [3.63, 3.8) is 0 Å². The average molecular weight is 326 g/mol. The van der Waals surface area contributed by atoms with E-state index in [-0.39, 0.29) is 18.1 Å². The third kappa shape index (κ3) is 3.06. The molecule has 24 heavy (non-hydrogen) atoms. The van der Waals surface area contributed by atoms with Gasteiger partial charge in [0.1, 0.15) is 12.7 Å². The number of amides is 1. The van der Waals surface area contributed by atoms with Gasteiger partial charge in [0, 0.05) is 12.1 Å². The molecule has 2 aliphatic rings. The number of benzene rings is 1. The van der Waals surface area contributed by atoms with E-state index < -0.39 is 0 Å². The molecule has 0 spiro atoms. The summed E-state index contributed by atoms with van der Waals surface area (Å²) in [5.74, 6) is 0.127. The summed E-state index contributed by atoms with van der Waals surface area (Å²) in [5, 5.41) is 4.10. The van der Waals surface area contributed by atoms with E-state index in [2.05, 4.69) is 10.1 Å². The second-order valence-corrected chi connectivity index (χ2v) is 6.55. The first-order valence-corrected chi connectivity index (χ1v) is 8.65. The summed E-state index contributed by atoms with van der Waals surface area (Å²) in [6.07, 6.45) is 7.97. The van der Waals surface area contributed by atoms with Crippen LogP contribution in [-0.2, 0) is 11.3 Å². The maximum absolute atomic E-state index is 12.9. The Hall–Kier alpha value is -2.21. The van der Waals surface area contributed by atoms with Crippen LogP contribution in [-0.4, -0.2) is 50.9 Å². The number of fused-ring (bicyclic) bond motifs is 1. The molecule has 2 atom stereocenters. The third-order valence-electron chi connectivity index (χ3n) is 5.01. The van der Waals surface area contributed by atoms with Gasteiger partial charge in [0.15, 0.2) is 0 Å². The number of morpholine rings is 1. The number of ether oxygens (including phenoxy) is 1. The highest BCUT2D eigenvalue weighted by Crippen LogP contribution is 2.29. The van der Waals surface area contributed by atoms with Crippen LogP contribution in [0.5, 0.6) is 0 Å². The maximum Gasteiger partial charge on any atom is 0.254 e. The SMILES string of the molecule is O=C(c1ccc(Cn2cncn2)cc1)N1CCO[C@@H]2CCCC[C@H]21. The van der Waals surface area contributed by atoms with Gasteiger partial charge in [0.2, 0.25) is 0 Å². The molecule has 1 aliphatic carbocycles. The van der Waals surface area contributed by atoms with Crippen LogP contribution in [0.3, 0.4) is 0 Å². The standard InChI is InChI=1S/C18H22N4O2/c23-18(22-9-10-24-17-4-2-1-3-16(17)22)15-7-5-14(6-8-15)11-21-13-19-12-20-21/h5-8,12-13,16-17H,1-4,9-11H2/t16-,17-/m1/s1. The van der Waals surface area contributed by atoms with E-state index >= 15 is 0 Å². The second kappa shape index (κ2) is 6.73. The number of aromatic nitrogens is 3. The zero-order chi connectivity index (χ0) is 16.4. The minimum atomic E-state index is 0.127. The van der Waals surface area contributed by atoms with Gasteiger partial charge in [-0.25, -0.2) is 9.67 Å². The van der Waals surface area contributed by atoms with Crippen LogP contribution in [0, 0.1) is 0 Å². The Bertz CT molecular complexity index is 682. The topological polar surface area (TPSA) is 60.2 Å². The van der Waals surface area contributed by atoms with E-state index in [1.54, 1.807) is 11.0 Å². The number of carbonyl (C=O) groups is 1. The van der Waals surface area contributed by atoms with Crippen LogP contribution in [0.15, 0.2) is 36.9 Å². The molecule has 1 saturated heterocycles. The molecule has 4 rings (SSSR count). The molecule has 0 radical (unpaired) electrons. The second-order valence-electron chi connectivity index (χ2n) is 6.55. The summed E-state index contributed by atoms with van der Waals surface area (Å²) in [7, 11) is 0. The van der Waals surface area contributed by atoms with Crippen LogP contribution in [0.25, 0.3) is 0 Å². The molecule has 2 aromatic rings. The largest absolute Gasteiger partial charge is 0.374 e. The maximum atomic E-state index is 12.9. The summed E-state index contributed by atoms with van der Waals surface area (Å²) >= 11 is 0. The zero-order valence-corrected chi connectivity index (χ0v) is 13.7. The molecule has 1 aliphatic heterocycles. The van der Waals surface area contributed by atoms with Crippen molar-refractivity contribution in [2.45, 2.75) is 44.4 Å². The number of hydrogen-bond acceptors (Lipinski definition) is 4. The van der Waals surface area contributed by atoms with Gasteiger partial charge in [-0.05, 0) is 30.5 Å². The molecule has 1 aromatic carbocycles. The van der Waals surface area contributed by atoms with Crippen molar-refractivity contribution in [2.75, 3.05) is 13.2 Å². The van der Waals surface area contributed by atoms with Gasteiger partial charge in [-0.2, -0.15) is 5.10 Å². The summed E-state index contributed by atoms with van der Waals surface area (Å²) in [6, 6.07) is 8.07. The lowest BCUT2D eigenvalue weighted by Gasteiger charge is -2.43. The fourth-order valence-electron chi connectivity index (χ4n) is 3.77. The van der Waals surface area contributed by atoms with Crippen molar-refractivity contribution in [1.82, 2.24) is 19.7 Å². The molecular formula is C18H22N4O2. The molecule has 0 unspecified atom stereocenters. The normalized spacial score (nSPS) is 23.8. The Morgan fingerprint density at radius 1 is 1.21 bits per heavy atom. The average Bonchev–Trinajstić information content (AvgIpc) is 3.14. The number of carbonyl (C=O) groups excluding carboxylic acids is 1. The van der Waals surface area contributed by atoms with Gasteiger partial charge in [0.25, 0.3) is 5.91 Å². The molecule has 1 aromatic heterocycles. The molecule has 6 heteroatoms. The van der Waals surface area contributed by atoms with Gasteiger partial charge in [0.05, 0.1) is 25.3 Å². The molecule has 0 N–H and O–H groups in total. The highest BCUT2D eigenvalue weighted by molar-refractivity contribution is 5.94. The Morgan fingerprint density at radius 2 is 2.04 bits per heavy atom. The van der Waals surface area contributed by atoms with E-state index in [4.69, 9.17) is 4.74 Å². The zero-order valence-electron chi connectivity index (χ0n) is 13.7. The van der Waals surface area contributed by atoms with Crippen molar-refractivity contribution in [2.24, 2.45) is 0 Å². The van der Waals surface area contributed by atoms with E-state index in [9.17, 15) is 4.79 Å². The lowest BCUT2D eigenvalue weighted by molar-refractivity contribution is -0.0752. The smallest absolute Gasteiger partial charge is 0.254 e. The van der Waals surface area contributed by atoms with Crippen LogP contribution in [0.2, 0.25) is 0 Å². The summed E-state index contributed by atoms with van der Waals surface area (Å²) in [5.41, 5.74) is 1.86. The fraction of sp³-hybridized carbons (Fsp3) is 0.500. The van der Waals surface area contributed by atoms with Crippen LogP contribution >= 0.6 is 0 Å². The van der Waals surface area contributed by atoms with Crippen molar-refractivity contribution in [3.8, 4) is 0 Å².